The molecule has 0 bridgehead atoms. The van der Waals surface area contributed by atoms with Crippen LogP contribution in [-0.2, 0) is 6.61 Å². The smallest absolute Gasteiger partial charge is 0.130 e. The number of ether oxygens (including phenoxy) is 2. The van der Waals surface area contributed by atoms with Crippen LogP contribution >= 0.6 is 11.6 Å². The van der Waals surface area contributed by atoms with E-state index < -0.39 is 0 Å². The Kier molecular flexibility index (Phi) is 4.44. The van der Waals surface area contributed by atoms with Gasteiger partial charge >= 0.3 is 0 Å². The Morgan fingerprint density at radius 2 is 2.05 bits per heavy atom. The first-order valence-electron chi connectivity index (χ1n) is 5.96. The molecular formula is C15H13ClN2O2. The molecule has 1 aromatic heterocycles. The molecule has 5 heteroatoms. The lowest BCUT2D eigenvalue weighted by Crippen LogP contribution is -2.00. The van der Waals surface area contributed by atoms with Gasteiger partial charge in [-0.2, -0.15) is 5.26 Å². The van der Waals surface area contributed by atoms with Crippen LogP contribution in [0.4, 0.5) is 0 Å². The zero-order valence-corrected chi connectivity index (χ0v) is 11.9. The van der Waals surface area contributed by atoms with Crippen molar-refractivity contribution in [2.45, 2.75) is 13.5 Å². The number of hydrogen-bond donors (Lipinski definition) is 0. The molecule has 0 aliphatic heterocycles. The van der Waals surface area contributed by atoms with Gasteiger partial charge in [0.15, 0.2) is 0 Å². The van der Waals surface area contributed by atoms with Crippen LogP contribution in [0.5, 0.6) is 11.5 Å². The Hall–Kier alpha value is -2.25. The van der Waals surface area contributed by atoms with Gasteiger partial charge in [0.2, 0.25) is 0 Å². The van der Waals surface area contributed by atoms with Gasteiger partial charge < -0.3 is 9.47 Å². The number of pyridine rings is 1. The third-order valence-electron chi connectivity index (χ3n) is 2.66. The summed E-state index contributed by atoms with van der Waals surface area (Å²) in [6, 6.07) is 10.6. The molecule has 2 rings (SSSR count). The van der Waals surface area contributed by atoms with Crippen molar-refractivity contribution in [2.75, 3.05) is 7.11 Å². The number of nitrogens with zero attached hydrogens (tertiary/aromatic N) is 2. The molecule has 1 aromatic carbocycles. The molecule has 0 atom stereocenters. The molecule has 0 fully saturated rings. The maximum atomic E-state index is 8.81. The van der Waals surface area contributed by atoms with E-state index in [1.54, 1.807) is 25.3 Å². The molecule has 0 saturated heterocycles. The van der Waals surface area contributed by atoms with Crippen LogP contribution < -0.4 is 9.47 Å². The van der Waals surface area contributed by atoms with Crippen molar-refractivity contribution in [1.29, 1.82) is 5.26 Å². The van der Waals surface area contributed by atoms with Crippen molar-refractivity contribution in [1.82, 2.24) is 4.98 Å². The van der Waals surface area contributed by atoms with Gasteiger partial charge in [-0.25, -0.2) is 0 Å². The molecule has 0 saturated carbocycles. The van der Waals surface area contributed by atoms with E-state index in [9.17, 15) is 0 Å². The molecule has 0 spiro atoms. The minimum Gasteiger partial charge on any atom is -0.497 e. The number of aryl methyl sites for hydroxylation is 1. The Balaban J connectivity index is 2.11. The van der Waals surface area contributed by atoms with Gasteiger partial charge in [0.25, 0.3) is 0 Å². The van der Waals surface area contributed by atoms with Gasteiger partial charge in [0.1, 0.15) is 24.2 Å². The number of rotatable bonds is 4. The second-order valence-electron chi connectivity index (χ2n) is 4.18. The van der Waals surface area contributed by atoms with Crippen molar-refractivity contribution < 1.29 is 9.47 Å². The normalized spacial score (nSPS) is 9.90. The van der Waals surface area contributed by atoms with Gasteiger partial charge in [0, 0.05) is 23.9 Å². The molecule has 4 nitrogen and oxygen atoms in total. The quantitative estimate of drug-likeness (QED) is 0.864. The highest BCUT2D eigenvalue weighted by molar-refractivity contribution is 6.31. The van der Waals surface area contributed by atoms with Gasteiger partial charge in [-0.15, -0.1) is 0 Å². The van der Waals surface area contributed by atoms with E-state index in [2.05, 4.69) is 4.98 Å². The van der Waals surface area contributed by atoms with Gasteiger partial charge in [0.05, 0.1) is 23.4 Å². The van der Waals surface area contributed by atoms with Gasteiger partial charge in [-0.3, -0.25) is 4.98 Å². The lowest BCUT2D eigenvalue weighted by Gasteiger charge is -2.09. The molecule has 0 aliphatic carbocycles. The largest absolute Gasteiger partial charge is 0.497 e. The molecule has 2 aromatic rings. The fourth-order valence-corrected chi connectivity index (χ4v) is 1.94. The topological polar surface area (TPSA) is 55.1 Å². The monoisotopic (exact) mass is 288 g/mol. The molecule has 0 amide bonds. The van der Waals surface area contributed by atoms with Crippen LogP contribution in [0.15, 0.2) is 30.3 Å². The Morgan fingerprint density at radius 1 is 1.25 bits per heavy atom. The average molecular weight is 289 g/mol. The Bertz CT molecular complexity index is 665. The minimum atomic E-state index is 0.306. The molecule has 102 valence electrons. The summed E-state index contributed by atoms with van der Waals surface area (Å²) in [4.78, 5) is 4.36. The molecule has 0 radical (unpaired) electrons. The number of halogens is 1. The summed E-state index contributed by atoms with van der Waals surface area (Å²) < 4.78 is 10.8. The maximum absolute atomic E-state index is 8.81. The zero-order valence-electron chi connectivity index (χ0n) is 11.2. The predicted molar refractivity (Wildman–Crippen MR) is 76.0 cm³/mol. The van der Waals surface area contributed by atoms with E-state index in [-0.39, 0.29) is 0 Å². The second-order valence-corrected chi connectivity index (χ2v) is 4.59. The minimum absolute atomic E-state index is 0.306. The third kappa shape index (κ3) is 3.40. The van der Waals surface area contributed by atoms with Crippen molar-refractivity contribution in [3.8, 4) is 17.6 Å². The van der Waals surface area contributed by atoms with Crippen molar-refractivity contribution in [2.24, 2.45) is 0 Å². The lowest BCUT2D eigenvalue weighted by atomic mass is 10.2. The summed E-state index contributed by atoms with van der Waals surface area (Å²) in [5.74, 6) is 1.34. The van der Waals surface area contributed by atoms with E-state index in [0.29, 0.717) is 22.9 Å². The summed E-state index contributed by atoms with van der Waals surface area (Å²) in [7, 11) is 1.61. The highest BCUT2D eigenvalue weighted by Gasteiger charge is 2.04. The molecule has 20 heavy (non-hydrogen) atoms. The first-order valence-corrected chi connectivity index (χ1v) is 6.34. The zero-order chi connectivity index (χ0) is 14.5. The van der Waals surface area contributed by atoms with Crippen LogP contribution in [0, 0.1) is 18.3 Å². The van der Waals surface area contributed by atoms with E-state index in [1.807, 2.05) is 25.1 Å². The van der Waals surface area contributed by atoms with Crippen molar-refractivity contribution >= 4 is 11.6 Å². The van der Waals surface area contributed by atoms with Gasteiger partial charge in [-0.05, 0) is 19.1 Å². The number of aromatic nitrogens is 1. The summed E-state index contributed by atoms with van der Waals surface area (Å²) in [5.41, 5.74) is 2.05. The standard InChI is InChI=1S/C15H13ClN2O2/c1-10-5-14(19-2)6-12(18-10)9-20-13-4-3-11(8-17)15(16)7-13/h3-7H,9H2,1-2H3. The number of methoxy groups -OCH3 is 1. The summed E-state index contributed by atoms with van der Waals surface area (Å²) in [5, 5.41) is 9.18. The first kappa shape index (κ1) is 14.2. The fourth-order valence-electron chi connectivity index (χ4n) is 1.73. The maximum Gasteiger partial charge on any atom is 0.130 e. The number of nitriles is 1. The summed E-state index contributed by atoms with van der Waals surface area (Å²) in [6.07, 6.45) is 0. The fraction of sp³-hybridized carbons (Fsp3) is 0.200. The van der Waals surface area contributed by atoms with Crippen LogP contribution in [0.3, 0.4) is 0 Å². The van der Waals surface area contributed by atoms with Crippen LogP contribution in [0.2, 0.25) is 5.02 Å². The first-order chi connectivity index (χ1) is 9.62. The lowest BCUT2D eigenvalue weighted by molar-refractivity contribution is 0.300. The third-order valence-corrected chi connectivity index (χ3v) is 2.98. The Labute approximate surface area is 122 Å². The predicted octanol–water partition coefficient (Wildman–Crippen LogP) is 3.50. The van der Waals surface area contributed by atoms with E-state index in [1.165, 1.54) is 0 Å². The molecule has 0 N–H and O–H groups in total. The van der Waals surface area contributed by atoms with E-state index in [0.717, 1.165) is 17.1 Å². The number of benzene rings is 1. The second kappa shape index (κ2) is 6.27. The molecular weight excluding hydrogens is 276 g/mol. The highest BCUT2D eigenvalue weighted by Crippen LogP contribution is 2.23. The number of hydrogen-bond acceptors (Lipinski definition) is 4. The average Bonchev–Trinajstić information content (AvgIpc) is 2.44. The Morgan fingerprint density at radius 3 is 2.70 bits per heavy atom. The summed E-state index contributed by atoms with van der Waals surface area (Å²) >= 11 is 5.95. The van der Waals surface area contributed by atoms with Gasteiger partial charge in [-0.1, -0.05) is 11.6 Å². The van der Waals surface area contributed by atoms with Crippen LogP contribution in [0.25, 0.3) is 0 Å². The van der Waals surface area contributed by atoms with Crippen molar-refractivity contribution in [3.05, 3.63) is 52.3 Å². The van der Waals surface area contributed by atoms with E-state index >= 15 is 0 Å². The molecule has 0 unspecified atom stereocenters. The highest BCUT2D eigenvalue weighted by atomic mass is 35.5. The SMILES string of the molecule is COc1cc(C)nc(COc2ccc(C#N)c(Cl)c2)c1. The van der Waals surface area contributed by atoms with Crippen LogP contribution in [0.1, 0.15) is 17.0 Å². The summed E-state index contributed by atoms with van der Waals surface area (Å²) in [6.45, 7) is 2.20. The molecule has 0 aliphatic rings. The van der Waals surface area contributed by atoms with E-state index in [4.69, 9.17) is 26.3 Å². The van der Waals surface area contributed by atoms with Crippen LogP contribution in [-0.4, -0.2) is 12.1 Å². The van der Waals surface area contributed by atoms with Crippen molar-refractivity contribution in [3.63, 3.8) is 0 Å². The molecule has 1 heterocycles.